The van der Waals surface area contributed by atoms with Crippen LogP contribution in [0.15, 0.2) is 147 Å². The molecule has 0 saturated carbocycles. The Hall–Kier alpha value is -7.80. The van der Waals surface area contributed by atoms with E-state index in [0.717, 1.165) is 143 Å². The molecule has 2 atom stereocenters. The van der Waals surface area contributed by atoms with Crippen molar-refractivity contribution in [1.29, 1.82) is 0 Å². The number of anilines is 5. The topological polar surface area (TPSA) is 189 Å². The maximum Gasteiger partial charge on any atom is 0.377 e. The molecule has 0 amide bonds. The van der Waals surface area contributed by atoms with Crippen LogP contribution >= 0.6 is 11.6 Å². The van der Waals surface area contributed by atoms with Crippen LogP contribution in [0, 0.1) is 0 Å². The van der Waals surface area contributed by atoms with Gasteiger partial charge in [0.1, 0.15) is 24.3 Å². The van der Waals surface area contributed by atoms with Gasteiger partial charge in [0.15, 0.2) is 0 Å². The molecular formula is C60H70ClN16O2+. The highest BCUT2D eigenvalue weighted by Crippen LogP contribution is 2.24. The van der Waals surface area contributed by atoms with E-state index in [2.05, 4.69) is 166 Å². The lowest BCUT2D eigenvalue weighted by molar-refractivity contribution is -0.694. The normalized spacial score (nSPS) is 17.5. The van der Waals surface area contributed by atoms with Crippen molar-refractivity contribution in [1.82, 2.24) is 49.8 Å². The molecule has 0 spiro atoms. The molecule has 4 fully saturated rings. The Morgan fingerprint density at radius 3 is 1.43 bits per heavy atom. The van der Waals surface area contributed by atoms with Gasteiger partial charge in [0.2, 0.25) is 29.8 Å². The molecule has 0 aliphatic carbocycles. The molecule has 8 aromatic rings. The van der Waals surface area contributed by atoms with Gasteiger partial charge >= 0.3 is 5.95 Å². The van der Waals surface area contributed by atoms with Crippen LogP contribution < -0.4 is 29.1 Å². The first-order chi connectivity index (χ1) is 38.8. The van der Waals surface area contributed by atoms with Gasteiger partial charge in [0.05, 0.1) is 18.8 Å². The van der Waals surface area contributed by atoms with E-state index in [9.17, 15) is 10.2 Å². The van der Waals surface area contributed by atoms with E-state index in [1.807, 2.05) is 41.7 Å². The molecule has 4 aromatic heterocycles. The number of hydrogen-bond donors (Lipinski definition) is 2. The van der Waals surface area contributed by atoms with Crippen LogP contribution in [0.3, 0.4) is 0 Å². The zero-order valence-corrected chi connectivity index (χ0v) is 45.5. The van der Waals surface area contributed by atoms with Crippen molar-refractivity contribution in [2.24, 2.45) is 0 Å². The van der Waals surface area contributed by atoms with Crippen molar-refractivity contribution in [3.05, 3.63) is 192 Å². The summed E-state index contributed by atoms with van der Waals surface area (Å²) < 4.78 is 2.02. The standard InChI is InChI=1S/C30H34N8O.C15H17ClN4O.C15H19N4/c39-27-7-4-12-38(21-27)26-10-8-24(9-11-26)18-28-33-22-34-30(35-28)37-15-13-36(14-16-37)29-31-19-25(20-32-29)17-23-5-2-1-3-6-23;16-15-18-10-17-14(19-15)8-11-3-5-12(6-4-11)20-7-1-2-13(21)9-20;1-3-7-14(8-4-1)11-18-12-16-15(17-13-18)19-9-5-2-6-10-19/h1-3,5-6,8-11,19-20,22,27,39H,4,7,12-18,21H2;3-6,10,13,21H,1-2,7-9H2;1,3-4,7-8,12-13H,2,5-6,9-11H2/q;;+1/t27-;13-;/m11./s1. The van der Waals surface area contributed by atoms with E-state index in [1.54, 1.807) is 6.33 Å². The first kappa shape index (κ1) is 54.6. The maximum absolute atomic E-state index is 9.97. The lowest BCUT2D eigenvalue weighted by Gasteiger charge is -2.34. The second-order valence-electron chi connectivity index (χ2n) is 20.6. The van der Waals surface area contributed by atoms with E-state index < -0.39 is 0 Å². The number of rotatable bonds is 13. The third-order valence-electron chi connectivity index (χ3n) is 14.6. The average Bonchev–Trinajstić information content (AvgIpc) is 3.50. The monoisotopic (exact) mass is 1080 g/mol. The number of benzene rings is 4. The molecule has 18 nitrogen and oxygen atoms in total. The highest BCUT2D eigenvalue weighted by atomic mass is 35.5. The lowest BCUT2D eigenvalue weighted by atomic mass is 10.1. The zero-order chi connectivity index (χ0) is 54.0. The van der Waals surface area contributed by atoms with E-state index in [1.165, 1.54) is 36.7 Å². The minimum absolute atomic E-state index is 0.217. The molecule has 4 aromatic carbocycles. The van der Waals surface area contributed by atoms with Gasteiger partial charge in [-0.3, -0.25) is 0 Å². The summed E-state index contributed by atoms with van der Waals surface area (Å²) >= 11 is 5.76. The number of hydrogen-bond acceptors (Lipinski definition) is 17. The van der Waals surface area contributed by atoms with Crippen LogP contribution in [0.4, 0.5) is 29.2 Å². The molecule has 0 radical (unpaired) electrons. The molecule has 408 valence electrons. The molecule has 19 heteroatoms. The van der Waals surface area contributed by atoms with Crippen LogP contribution in [0.1, 0.15) is 84.4 Å². The Labute approximate surface area is 468 Å². The van der Waals surface area contributed by atoms with Gasteiger partial charge in [-0.2, -0.15) is 4.98 Å². The fourth-order valence-corrected chi connectivity index (χ4v) is 10.5. The molecule has 0 unspecified atom stereocenters. The van der Waals surface area contributed by atoms with Crippen molar-refractivity contribution >= 4 is 40.8 Å². The van der Waals surface area contributed by atoms with Crippen LogP contribution in [-0.2, 0) is 25.8 Å². The predicted molar refractivity (Wildman–Crippen MR) is 308 cm³/mol. The van der Waals surface area contributed by atoms with Gasteiger partial charge in [-0.05, 0) is 109 Å². The summed E-state index contributed by atoms with van der Waals surface area (Å²) in [5.74, 6) is 3.78. The number of aromatic nitrogens is 11. The van der Waals surface area contributed by atoms with Crippen LogP contribution in [0.25, 0.3) is 0 Å². The Morgan fingerprint density at radius 1 is 0.418 bits per heavy atom. The minimum atomic E-state index is -0.234. The minimum Gasteiger partial charge on any atom is -0.391 e. The average molecular weight is 1080 g/mol. The van der Waals surface area contributed by atoms with Gasteiger partial charge in [-0.1, -0.05) is 94.9 Å². The molecule has 4 saturated heterocycles. The number of nitrogens with zero attached hydrogens (tertiary/aromatic N) is 16. The molecule has 8 heterocycles. The first-order valence-corrected chi connectivity index (χ1v) is 28.1. The van der Waals surface area contributed by atoms with Crippen molar-refractivity contribution in [2.75, 3.05) is 89.9 Å². The van der Waals surface area contributed by atoms with Gasteiger partial charge < -0.3 is 34.7 Å². The molecule has 4 aliphatic heterocycles. The Balaban J connectivity index is 0.000000148. The lowest BCUT2D eigenvalue weighted by Crippen LogP contribution is -2.47. The highest BCUT2D eigenvalue weighted by Gasteiger charge is 2.23. The summed E-state index contributed by atoms with van der Waals surface area (Å²) in [6.45, 7) is 9.62. The second kappa shape index (κ2) is 27.7. The van der Waals surface area contributed by atoms with Crippen LogP contribution in [-0.4, -0.2) is 138 Å². The van der Waals surface area contributed by atoms with Crippen molar-refractivity contribution in [3.63, 3.8) is 0 Å². The summed E-state index contributed by atoms with van der Waals surface area (Å²) in [6.07, 6.45) is 20.0. The molecule has 79 heavy (non-hydrogen) atoms. The number of aliphatic hydroxyl groups is 2. The van der Waals surface area contributed by atoms with Crippen LogP contribution in [0.2, 0.25) is 5.28 Å². The smallest absolute Gasteiger partial charge is 0.377 e. The number of aliphatic hydroxyl groups excluding tert-OH is 2. The quantitative estimate of drug-likeness (QED) is 0.112. The second-order valence-corrected chi connectivity index (χ2v) is 20.9. The SMILES string of the molecule is O[C@@H]1CCCN(c2ccc(Cc3ncnc(Cl)n3)cc2)C1.O[C@@H]1CCCN(c2ccc(Cc3ncnc(N4CCN(c5ncc(Cc6ccccc6)cn5)CC4)n3)cc2)C1.c1ccc(C[n+]2cnc(N3CCCCC3)nc2)cc1. The summed E-state index contributed by atoms with van der Waals surface area (Å²) in [6, 6.07) is 37.6. The number of β-amino-alcohol motifs (C(OH)–C–C–N with tert-alkyl or cyclic N) is 2. The number of piperazine rings is 1. The maximum atomic E-state index is 9.97. The molecular weight excluding hydrogens is 1010 g/mol. The Kier molecular flexibility index (Phi) is 19.1. The largest absolute Gasteiger partial charge is 0.391 e. The van der Waals surface area contributed by atoms with E-state index in [4.69, 9.17) is 16.6 Å². The number of halogens is 1. The summed E-state index contributed by atoms with van der Waals surface area (Å²) in [5.41, 5.74) is 8.22. The van der Waals surface area contributed by atoms with Gasteiger partial charge in [0.25, 0.3) is 0 Å². The van der Waals surface area contributed by atoms with Crippen molar-refractivity contribution in [2.45, 2.75) is 83.0 Å². The first-order valence-electron chi connectivity index (χ1n) is 27.7. The Bertz CT molecular complexity index is 3080. The van der Waals surface area contributed by atoms with Crippen molar-refractivity contribution in [3.8, 4) is 0 Å². The fourth-order valence-electron chi connectivity index (χ4n) is 10.3. The third-order valence-corrected chi connectivity index (χ3v) is 14.8. The summed E-state index contributed by atoms with van der Waals surface area (Å²) in [4.78, 5) is 55.0. The van der Waals surface area contributed by atoms with Gasteiger partial charge in [-0.25, -0.2) is 39.5 Å². The van der Waals surface area contributed by atoms with E-state index >= 15 is 0 Å². The molecule has 12 rings (SSSR count). The number of piperidine rings is 3. The van der Waals surface area contributed by atoms with Crippen molar-refractivity contribution < 1.29 is 14.8 Å². The highest BCUT2D eigenvalue weighted by molar-refractivity contribution is 6.28. The van der Waals surface area contributed by atoms with E-state index in [-0.39, 0.29) is 17.5 Å². The fraction of sp³-hybridized carbons (Fsp3) is 0.383. The predicted octanol–water partition coefficient (Wildman–Crippen LogP) is 7.01. The molecule has 2 N–H and O–H groups in total. The molecule has 4 aliphatic rings. The molecule has 0 bridgehead atoms. The third kappa shape index (κ3) is 16.1. The van der Waals surface area contributed by atoms with Gasteiger partial charge in [0, 0.05) is 108 Å². The van der Waals surface area contributed by atoms with Gasteiger partial charge in [-0.15, -0.1) is 0 Å². The summed E-state index contributed by atoms with van der Waals surface area (Å²) in [7, 11) is 0. The Morgan fingerprint density at radius 2 is 0.886 bits per heavy atom. The van der Waals surface area contributed by atoms with Crippen LogP contribution in [0.5, 0.6) is 0 Å². The zero-order valence-electron chi connectivity index (χ0n) is 44.8. The van der Waals surface area contributed by atoms with E-state index in [0.29, 0.717) is 31.8 Å². The summed E-state index contributed by atoms with van der Waals surface area (Å²) in [5, 5.41) is 19.9.